The van der Waals surface area contributed by atoms with Gasteiger partial charge in [-0.05, 0) is 30.7 Å². The van der Waals surface area contributed by atoms with E-state index in [9.17, 15) is 5.11 Å². The van der Waals surface area contributed by atoms with Crippen molar-refractivity contribution in [1.29, 1.82) is 0 Å². The lowest BCUT2D eigenvalue weighted by Gasteiger charge is -2.29. The van der Waals surface area contributed by atoms with E-state index in [-0.39, 0.29) is 15.6 Å². The van der Waals surface area contributed by atoms with Crippen molar-refractivity contribution in [1.82, 2.24) is 0 Å². The van der Waals surface area contributed by atoms with E-state index in [1.807, 2.05) is 81.8 Å². The Bertz CT molecular complexity index is 630. The van der Waals surface area contributed by atoms with Gasteiger partial charge in [-0.25, -0.2) is 0 Å². The van der Waals surface area contributed by atoms with E-state index in [1.165, 1.54) is 0 Å². The smallest absolute Gasteiger partial charge is 0.418 e. The van der Waals surface area contributed by atoms with Crippen LogP contribution in [0.25, 0.3) is 0 Å². The minimum Gasteiger partial charge on any atom is -0.418 e. The number of quaternary nitrogens is 1. The Morgan fingerprint density at radius 3 is 1.93 bits per heavy atom. The lowest BCUT2D eigenvalue weighted by Crippen LogP contribution is -2.47. The normalized spacial score (nSPS) is 13.1. The average molecular weight is 442 g/mol. The Kier molecular flexibility index (Phi) is 10.8. The highest BCUT2D eigenvalue weighted by atomic mass is 31.2. The summed E-state index contributed by atoms with van der Waals surface area (Å²) in [4.78, 5) is 0. The van der Waals surface area contributed by atoms with Gasteiger partial charge in [-0.2, -0.15) is 0 Å². The number of aliphatic hydroxyl groups is 1. The molecule has 0 radical (unpaired) electrons. The number of likely N-dealkylation sites (N-methyl/N-ethyl adjacent to an activating group) is 1. The number of benzene rings is 2. The molecule has 2 aromatic rings. The van der Waals surface area contributed by atoms with Crippen molar-refractivity contribution in [2.75, 3.05) is 41.0 Å². The summed E-state index contributed by atoms with van der Waals surface area (Å²) in [7, 11) is 4.02. The van der Waals surface area contributed by atoms with E-state index in [2.05, 4.69) is 0 Å². The van der Waals surface area contributed by atoms with Crippen molar-refractivity contribution < 1.29 is 32.2 Å². The minimum atomic E-state index is -1.58. The van der Waals surface area contributed by atoms with Gasteiger partial charge in [-0.3, -0.25) is 4.52 Å². The van der Waals surface area contributed by atoms with Crippen molar-refractivity contribution >= 4 is 17.6 Å². The van der Waals surface area contributed by atoms with Crippen LogP contribution in [0.4, 0.5) is 0 Å². The highest BCUT2D eigenvalue weighted by Gasteiger charge is 2.20. The summed E-state index contributed by atoms with van der Waals surface area (Å²) in [5.74, 6) is 1.38. The third-order valence-corrected chi connectivity index (χ3v) is 5.40. The standard InChI is InChI=1S/C20H30NO6P2/c1-21(2,3)20(22)17-24-28-23-15-10-16-25-29(26-18-11-6-4-7-12-18)27-19-13-8-5-9-14-19/h4-9,11-14,20,22,28H,10,15-17H2,1-3H3/q+1. The average Bonchev–Trinajstić information content (AvgIpc) is 2.70. The van der Waals surface area contributed by atoms with Crippen LogP contribution in [0.2, 0.25) is 0 Å². The number of para-hydroxylation sites is 2. The number of nitrogens with zero attached hydrogens (tertiary/aromatic N) is 1. The van der Waals surface area contributed by atoms with E-state index in [1.54, 1.807) is 0 Å². The van der Waals surface area contributed by atoms with Crippen molar-refractivity contribution in [2.24, 2.45) is 0 Å². The molecule has 0 fully saturated rings. The first-order valence-corrected chi connectivity index (χ1v) is 11.2. The zero-order valence-corrected chi connectivity index (χ0v) is 19.0. The summed E-state index contributed by atoms with van der Waals surface area (Å²) in [6.45, 7) is 1.15. The maximum Gasteiger partial charge on any atom is 0.463 e. The van der Waals surface area contributed by atoms with Crippen LogP contribution in [-0.2, 0) is 13.6 Å². The van der Waals surface area contributed by atoms with Crippen LogP contribution in [0.1, 0.15) is 6.42 Å². The molecule has 2 unspecified atom stereocenters. The summed E-state index contributed by atoms with van der Waals surface area (Å²) in [5.41, 5.74) is 0. The van der Waals surface area contributed by atoms with Crippen LogP contribution < -0.4 is 9.05 Å². The van der Waals surface area contributed by atoms with Crippen molar-refractivity contribution in [3.05, 3.63) is 60.7 Å². The molecule has 7 nitrogen and oxygen atoms in total. The third kappa shape index (κ3) is 10.3. The fourth-order valence-electron chi connectivity index (χ4n) is 1.89. The van der Waals surface area contributed by atoms with Crippen molar-refractivity contribution in [2.45, 2.75) is 12.6 Å². The largest absolute Gasteiger partial charge is 0.463 e. The van der Waals surface area contributed by atoms with Gasteiger partial charge in [0.15, 0.2) is 9.03 Å². The Hall–Kier alpha value is -1.30. The second-order valence-corrected chi connectivity index (χ2v) is 8.87. The van der Waals surface area contributed by atoms with Gasteiger partial charge < -0.3 is 27.7 Å². The monoisotopic (exact) mass is 442 g/mol. The van der Waals surface area contributed by atoms with Crippen LogP contribution in [0.5, 0.6) is 11.5 Å². The summed E-state index contributed by atoms with van der Waals surface area (Å²) in [6.07, 6.45) is 0.0897. The molecule has 0 aliphatic heterocycles. The predicted molar refractivity (Wildman–Crippen MR) is 116 cm³/mol. The molecule has 2 atom stereocenters. The Morgan fingerprint density at radius 2 is 1.41 bits per heavy atom. The van der Waals surface area contributed by atoms with Gasteiger partial charge >= 0.3 is 8.60 Å². The van der Waals surface area contributed by atoms with Gasteiger partial charge in [0, 0.05) is 0 Å². The molecule has 0 heterocycles. The molecule has 29 heavy (non-hydrogen) atoms. The minimum absolute atomic E-state index is 0.117. The van der Waals surface area contributed by atoms with E-state index in [4.69, 9.17) is 22.6 Å². The molecule has 0 spiro atoms. The van der Waals surface area contributed by atoms with Crippen LogP contribution in [0.15, 0.2) is 60.7 Å². The van der Waals surface area contributed by atoms with Crippen LogP contribution >= 0.6 is 17.6 Å². The maximum absolute atomic E-state index is 9.88. The van der Waals surface area contributed by atoms with E-state index in [0.717, 1.165) is 0 Å². The third-order valence-electron chi connectivity index (χ3n) is 3.68. The highest BCUT2D eigenvalue weighted by molar-refractivity contribution is 7.42. The quantitative estimate of drug-likeness (QED) is 0.203. The van der Waals surface area contributed by atoms with Crippen LogP contribution in [0, 0.1) is 0 Å². The Morgan fingerprint density at radius 1 is 0.862 bits per heavy atom. The van der Waals surface area contributed by atoms with Crippen LogP contribution in [0.3, 0.4) is 0 Å². The van der Waals surface area contributed by atoms with E-state index >= 15 is 0 Å². The molecule has 2 aromatic carbocycles. The molecular formula is C20H30NO6P2+. The van der Waals surface area contributed by atoms with Gasteiger partial charge in [0.25, 0.3) is 0 Å². The lowest BCUT2D eigenvalue weighted by molar-refractivity contribution is -0.918. The van der Waals surface area contributed by atoms with Gasteiger partial charge in [0.05, 0.1) is 34.4 Å². The highest BCUT2D eigenvalue weighted by Crippen LogP contribution is 2.41. The zero-order valence-electron chi connectivity index (χ0n) is 17.1. The molecule has 0 amide bonds. The van der Waals surface area contributed by atoms with Gasteiger partial charge in [0.1, 0.15) is 18.1 Å². The fourth-order valence-corrected chi connectivity index (χ4v) is 3.43. The number of aliphatic hydroxyl groups excluding tert-OH is 1. The first kappa shape index (κ1) is 24.0. The molecule has 9 heteroatoms. The van der Waals surface area contributed by atoms with Gasteiger partial charge in [-0.1, -0.05) is 36.4 Å². The molecule has 0 aromatic heterocycles. The molecule has 1 N–H and O–H groups in total. The SMILES string of the molecule is C[N+](C)(C)C(O)COPOCCCOP(Oc1ccccc1)Oc1ccccc1. The lowest BCUT2D eigenvalue weighted by atomic mass is 10.3. The molecule has 0 aliphatic rings. The molecule has 0 aliphatic carbocycles. The van der Waals surface area contributed by atoms with Gasteiger partial charge in [-0.15, -0.1) is 0 Å². The second-order valence-electron chi connectivity index (χ2n) is 7.06. The fraction of sp³-hybridized carbons (Fsp3) is 0.400. The molecule has 0 saturated heterocycles. The summed E-state index contributed by atoms with van der Waals surface area (Å²) in [6, 6.07) is 18.9. The summed E-state index contributed by atoms with van der Waals surface area (Å²) in [5, 5.41) is 9.88. The number of rotatable bonds is 14. The maximum atomic E-state index is 9.88. The molecule has 160 valence electrons. The van der Waals surface area contributed by atoms with Crippen LogP contribution in [-0.4, -0.2) is 56.8 Å². The van der Waals surface area contributed by atoms with E-state index in [0.29, 0.717) is 35.6 Å². The topological polar surface area (TPSA) is 66.4 Å². The predicted octanol–water partition coefficient (Wildman–Crippen LogP) is 4.34. The molecule has 0 saturated carbocycles. The molecule has 0 bridgehead atoms. The Balaban J connectivity index is 1.67. The first-order chi connectivity index (χ1) is 13.9. The van der Waals surface area contributed by atoms with Crippen molar-refractivity contribution in [3.8, 4) is 11.5 Å². The zero-order chi connectivity index (χ0) is 21.0. The second kappa shape index (κ2) is 13.1. The summed E-state index contributed by atoms with van der Waals surface area (Å²) < 4.78 is 28.7. The number of hydrogen-bond donors (Lipinski definition) is 1. The Labute approximate surface area is 176 Å². The van der Waals surface area contributed by atoms with Crippen molar-refractivity contribution in [3.63, 3.8) is 0 Å². The molecule has 2 rings (SSSR count). The van der Waals surface area contributed by atoms with Gasteiger partial charge in [0.2, 0.25) is 6.23 Å². The number of hydrogen-bond acceptors (Lipinski definition) is 6. The molecular weight excluding hydrogens is 412 g/mol. The van der Waals surface area contributed by atoms with E-state index < -0.39 is 14.8 Å². The first-order valence-electron chi connectivity index (χ1n) is 9.32. The summed E-state index contributed by atoms with van der Waals surface area (Å²) >= 11 is 0.